The van der Waals surface area contributed by atoms with Crippen molar-refractivity contribution >= 4 is 22.7 Å². The van der Waals surface area contributed by atoms with Gasteiger partial charge in [0.15, 0.2) is 0 Å². The summed E-state index contributed by atoms with van der Waals surface area (Å²) in [6.45, 7) is 3.24. The third kappa shape index (κ3) is 6.91. The zero-order valence-electron chi connectivity index (χ0n) is 21.3. The van der Waals surface area contributed by atoms with Gasteiger partial charge in [0, 0.05) is 29.6 Å². The Morgan fingerprint density at radius 3 is 2.58 bits per heavy atom. The summed E-state index contributed by atoms with van der Waals surface area (Å²) in [5.41, 5.74) is 1.75. The average molecular weight is 511 g/mol. The first-order valence-electron chi connectivity index (χ1n) is 12.8. The van der Waals surface area contributed by atoms with Gasteiger partial charge in [-0.2, -0.15) is 0 Å². The summed E-state index contributed by atoms with van der Waals surface area (Å²) in [6, 6.07) is 15.9. The topological polar surface area (TPSA) is 75.1 Å². The van der Waals surface area contributed by atoms with Crippen molar-refractivity contribution in [1.29, 1.82) is 0 Å². The van der Waals surface area contributed by atoms with Crippen LogP contribution in [0.4, 0.5) is 0 Å². The van der Waals surface area contributed by atoms with Crippen LogP contribution in [0.15, 0.2) is 59.6 Å². The van der Waals surface area contributed by atoms with E-state index < -0.39 is 6.10 Å². The van der Waals surface area contributed by atoms with Crippen LogP contribution in [0.5, 0.6) is 11.5 Å². The smallest absolute Gasteiger partial charge is 0.119 e. The first-order valence-corrected chi connectivity index (χ1v) is 13.8. The van der Waals surface area contributed by atoms with E-state index in [1.165, 1.54) is 4.90 Å². The van der Waals surface area contributed by atoms with Gasteiger partial charge in [-0.1, -0.05) is 0 Å². The van der Waals surface area contributed by atoms with E-state index >= 15 is 0 Å². The maximum Gasteiger partial charge on any atom is 0.119 e. The van der Waals surface area contributed by atoms with E-state index in [1.807, 2.05) is 48.2 Å². The van der Waals surface area contributed by atoms with Crippen molar-refractivity contribution in [2.45, 2.75) is 36.7 Å². The van der Waals surface area contributed by atoms with E-state index in [2.05, 4.69) is 22.0 Å². The standard InChI is InChI=1S/C29H38N2O4S/c1-34-23-5-8-25(9-6-23)36-17-3-15-31-16-13-21(22(19-31)20-32)4-11-29(33)26-12-14-30-28-10-7-24(35-2)18-27(26)28/h5-10,12,14,18,21-22,29,32-33H,3-4,11,13,15-17,19-20H2,1-2H3/t21-,22-,29-/m1/s1. The van der Waals surface area contributed by atoms with Crippen LogP contribution in [0.1, 0.15) is 37.4 Å². The van der Waals surface area contributed by atoms with Crippen molar-refractivity contribution in [3.63, 3.8) is 0 Å². The number of rotatable bonds is 12. The molecule has 1 saturated heterocycles. The maximum atomic E-state index is 11.0. The Hall–Kier alpha value is -2.32. The third-order valence-electron chi connectivity index (χ3n) is 7.31. The quantitative estimate of drug-likeness (QED) is 0.257. The number of aromatic nitrogens is 1. The number of thioether (sulfide) groups is 1. The molecule has 0 aliphatic carbocycles. The fraction of sp³-hybridized carbons (Fsp3) is 0.483. The molecule has 0 saturated carbocycles. The Morgan fingerprint density at radius 1 is 1.06 bits per heavy atom. The van der Waals surface area contributed by atoms with E-state index in [1.54, 1.807) is 20.4 Å². The lowest BCUT2D eigenvalue weighted by atomic mass is 9.81. The fourth-order valence-electron chi connectivity index (χ4n) is 5.19. The molecule has 1 aliphatic rings. The number of hydrogen-bond donors (Lipinski definition) is 2. The molecule has 1 aliphatic heterocycles. The van der Waals surface area contributed by atoms with Crippen molar-refractivity contribution < 1.29 is 19.7 Å². The zero-order chi connectivity index (χ0) is 25.3. The molecule has 2 aromatic carbocycles. The molecule has 4 rings (SSSR count). The molecule has 6 nitrogen and oxygen atoms in total. The van der Waals surface area contributed by atoms with Crippen LogP contribution in [0.25, 0.3) is 10.9 Å². The molecular formula is C29H38N2O4S. The lowest BCUT2D eigenvalue weighted by molar-refractivity contribution is 0.0581. The van der Waals surface area contributed by atoms with Gasteiger partial charge in [0.2, 0.25) is 0 Å². The summed E-state index contributed by atoms with van der Waals surface area (Å²) in [7, 11) is 3.34. The number of benzene rings is 2. The molecule has 0 radical (unpaired) electrons. The van der Waals surface area contributed by atoms with Crippen molar-refractivity contribution in [2.24, 2.45) is 11.8 Å². The molecular weight excluding hydrogens is 472 g/mol. The Balaban J connectivity index is 1.24. The lowest BCUT2D eigenvalue weighted by Gasteiger charge is -2.38. The minimum atomic E-state index is -0.560. The molecule has 194 valence electrons. The summed E-state index contributed by atoms with van der Waals surface area (Å²) in [4.78, 5) is 8.18. The van der Waals surface area contributed by atoms with E-state index in [4.69, 9.17) is 9.47 Å². The molecule has 0 amide bonds. The molecule has 1 aromatic heterocycles. The second-order valence-corrected chi connectivity index (χ2v) is 10.7. The van der Waals surface area contributed by atoms with Gasteiger partial charge in [0.05, 0.1) is 25.8 Å². The summed E-state index contributed by atoms with van der Waals surface area (Å²) < 4.78 is 10.6. The molecule has 0 bridgehead atoms. The number of aliphatic hydroxyl groups excluding tert-OH is 2. The highest BCUT2D eigenvalue weighted by molar-refractivity contribution is 7.99. The van der Waals surface area contributed by atoms with Crippen molar-refractivity contribution in [3.8, 4) is 11.5 Å². The number of ether oxygens (including phenoxy) is 2. The van der Waals surface area contributed by atoms with Crippen LogP contribution in [0, 0.1) is 11.8 Å². The number of nitrogens with zero attached hydrogens (tertiary/aromatic N) is 2. The molecule has 2 N–H and O–H groups in total. The Kier molecular flexibility index (Phi) is 9.87. The van der Waals surface area contributed by atoms with Crippen LogP contribution in [0.2, 0.25) is 0 Å². The van der Waals surface area contributed by atoms with Gasteiger partial charge in [0.25, 0.3) is 0 Å². The van der Waals surface area contributed by atoms with Crippen molar-refractivity contribution in [1.82, 2.24) is 9.88 Å². The summed E-state index contributed by atoms with van der Waals surface area (Å²) in [5, 5.41) is 22.1. The molecule has 3 atom stereocenters. The first kappa shape index (κ1) is 26.7. The van der Waals surface area contributed by atoms with Gasteiger partial charge in [-0.05, 0) is 110 Å². The van der Waals surface area contributed by atoms with E-state index in [0.29, 0.717) is 12.3 Å². The highest BCUT2D eigenvalue weighted by Gasteiger charge is 2.29. The van der Waals surface area contributed by atoms with Crippen LogP contribution in [-0.2, 0) is 0 Å². The van der Waals surface area contributed by atoms with Gasteiger partial charge in [-0.15, -0.1) is 11.8 Å². The highest BCUT2D eigenvalue weighted by atomic mass is 32.2. The van der Waals surface area contributed by atoms with E-state index in [-0.39, 0.29) is 12.5 Å². The second-order valence-electron chi connectivity index (χ2n) is 9.55. The Labute approximate surface area is 218 Å². The van der Waals surface area contributed by atoms with E-state index in [9.17, 15) is 10.2 Å². The zero-order valence-corrected chi connectivity index (χ0v) is 22.1. The Morgan fingerprint density at radius 2 is 1.83 bits per heavy atom. The number of hydrogen-bond acceptors (Lipinski definition) is 7. The number of fused-ring (bicyclic) bond motifs is 1. The van der Waals surface area contributed by atoms with Gasteiger partial charge in [-0.25, -0.2) is 0 Å². The van der Waals surface area contributed by atoms with Gasteiger partial charge in [0.1, 0.15) is 11.5 Å². The van der Waals surface area contributed by atoms with Gasteiger partial charge < -0.3 is 24.6 Å². The molecule has 36 heavy (non-hydrogen) atoms. The number of methoxy groups -OCH3 is 2. The number of likely N-dealkylation sites (tertiary alicyclic amines) is 1. The number of piperidine rings is 1. The summed E-state index contributed by atoms with van der Waals surface area (Å²) in [6.07, 6.45) is 4.97. The number of aliphatic hydroxyl groups is 2. The normalized spacial score (nSPS) is 19.3. The molecule has 0 unspecified atom stereocenters. The highest BCUT2D eigenvalue weighted by Crippen LogP contribution is 2.33. The van der Waals surface area contributed by atoms with E-state index in [0.717, 1.165) is 72.6 Å². The summed E-state index contributed by atoms with van der Waals surface area (Å²) in [5.74, 6) is 3.41. The van der Waals surface area contributed by atoms with Crippen molar-refractivity contribution in [2.75, 3.05) is 46.2 Å². The molecule has 3 aromatic rings. The molecule has 7 heteroatoms. The van der Waals surface area contributed by atoms with Crippen LogP contribution in [-0.4, -0.2) is 66.3 Å². The van der Waals surface area contributed by atoms with Crippen molar-refractivity contribution in [3.05, 3.63) is 60.3 Å². The molecule has 1 fully saturated rings. The predicted octanol–water partition coefficient (Wildman–Crippen LogP) is 5.18. The van der Waals surface area contributed by atoms with Crippen LogP contribution < -0.4 is 9.47 Å². The minimum absolute atomic E-state index is 0.202. The lowest BCUT2D eigenvalue weighted by Crippen LogP contribution is -2.42. The Bertz CT molecular complexity index is 1090. The first-order chi connectivity index (χ1) is 17.6. The van der Waals surface area contributed by atoms with Crippen LogP contribution >= 0.6 is 11.8 Å². The monoisotopic (exact) mass is 510 g/mol. The predicted molar refractivity (Wildman–Crippen MR) is 146 cm³/mol. The summed E-state index contributed by atoms with van der Waals surface area (Å²) >= 11 is 1.88. The fourth-order valence-corrected chi connectivity index (χ4v) is 6.03. The number of pyridine rings is 1. The van der Waals surface area contributed by atoms with Gasteiger partial charge >= 0.3 is 0 Å². The maximum absolute atomic E-state index is 11.0. The molecule has 2 heterocycles. The van der Waals surface area contributed by atoms with Gasteiger partial charge in [-0.3, -0.25) is 4.98 Å². The largest absolute Gasteiger partial charge is 0.497 e. The van der Waals surface area contributed by atoms with Crippen LogP contribution in [0.3, 0.4) is 0 Å². The third-order valence-corrected chi connectivity index (χ3v) is 8.41. The second kappa shape index (κ2) is 13.3. The molecule has 0 spiro atoms. The SMILES string of the molecule is COc1ccc(SCCCN2CC[C@@H](CC[C@@H](O)c3ccnc4ccc(OC)cc34)[C@@H](CO)C2)cc1. The average Bonchev–Trinajstić information content (AvgIpc) is 2.93. The minimum Gasteiger partial charge on any atom is -0.497 e.